The molecule has 0 aromatic heterocycles. The summed E-state index contributed by atoms with van der Waals surface area (Å²) in [5, 5.41) is 24.9. The van der Waals surface area contributed by atoms with Crippen molar-refractivity contribution < 1.29 is 27.7 Å². The lowest BCUT2D eigenvalue weighted by molar-refractivity contribution is -0.384. The molecule has 0 spiro atoms. The molecule has 1 amide bonds. The second kappa shape index (κ2) is 10.3. The van der Waals surface area contributed by atoms with Crippen molar-refractivity contribution in [1.82, 2.24) is 4.72 Å². The van der Waals surface area contributed by atoms with Gasteiger partial charge < -0.3 is 15.4 Å². The monoisotopic (exact) mass is 461 g/mol. The number of sulfonamides is 1. The van der Waals surface area contributed by atoms with E-state index in [-0.39, 0.29) is 5.69 Å². The largest absolute Gasteiger partial charge is 0.452 e. The van der Waals surface area contributed by atoms with Crippen LogP contribution in [0, 0.1) is 21.4 Å². The van der Waals surface area contributed by atoms with Crippen LogP contribution in [0.3, 0.4) is 0 Å². The third-order valence-electron chi connectivity index (χ3n) is 4.11. The van der Waals surface area contributed by atoms with E-state index >= 15 is 0 Å². The topological polar surface area (TPSA) is 181 Å². The first-order valence-electron chi connectivity index (χ1n) is 9.03. The molecular weight excluding hydrogens is 442 g/mol. The lowest BCUT2D eigenvalue weighted by Gasteiger charge is -2.14. The standard InChI is InChI=1S/C19H19N5O7S/c1-12(19(26)23-14-5-3-13(10-20)4-6-14)31-18(25)11-22-32(29,30)15-7-8-16(21-2)17(9-15)24(27)28/h3-9,12,21-22H,11H2,1-2H3,(H,23,26). The summed E-state index contributed by atoms with van der Waals surface area (Å²) in [6, 6.07) is 11.1. The first-order valence-corrected chi connectivity index (χ1v) is 10.5. The maximum absolute atomic E-state index is 12.4. The summed E-state index contributed by atoms with van der Waals surface area (Å²) in [5.74, 6) is -1.69. The van der Waals surface area contributed by atoms with E-state index in [2.05, 4.69) is 10.6 Å². The van der Waals surface area contributed by atoms with Crippen molar-refractivity contribution in [2.24, 2.45) is 0 Å². The van der Waals surface area contributed by atoms with Crippen molar-refractivity contribution in [1.29, 1.82) is 5.26 Å². The predicted octanol–water partition coefficient (Wildman–Crippen LogP) is 1.36. The summed E-state index contributed by atoms with van der Waals surface area (Å²) in [6.45, 7) is 0.504. The van der Waals surface area contributed by atoms with Gasteiger partial charge in [-0.1, -0.05) is 0 Å². The van der Waals surface area contributed by atoms with Crippen LogP contribution in [0.4, 0.5) is 17.1 Å². The Kier molecular flexibility index (Phi) is 7.83. The van der Waals surface area contributed by atoms with E-state index in [1.54, 1.807) is 0 Å². The number of nitro groups is 1. The molecule has 0 radical (unpaired) electrons. The lowest BCUT2D eigenvalue weighted by Crippen LogP contribution is -2.35. The number of nitro benzene ring substituents is 1. The Morgan fingerprint density at radius 3 is 2.44 bits per heavy atom. The van der Waals surface area contributed by atoms with Gasteiger partial charge in [-0.3, -0.25) is 19.7 Å². The fraction of sp³-hybridized carbons (Fsp3) is 0.211. The number of benzene rings is 2. The molecule has 0 heterocycles. The molecule has 12 nitrogen and oxygen atoms in total. The number of carbonyl (C=O) groups excluding carboxylic acids is 2. The van der Waals surface area contributed by atoms with Crippen LogP contribution in [0.5, 0.6) is 0 Å². The molecule has 0 aliphatic heterocycles. The fourth-order valence-electron chi connectivity index (χ4n) is 2.44. The Hall–Kier alpha value is -4.02. The van der Waals surface area contributed by atoms with Crippen LogP contribution in [-0.4, -0.2) is 44.9 Å². The summed E-state index contributed by atoms with van der Waals surface area (Å²) < 4.78 is 31.6. The van der Waals surface area contributed by atoms with E-state index in [0.29, 0.717) is 11.3 Å². The molecule has 168 valence electrons. The third-order valence-corrected chi connectivity index (χ3v) is 5.51. The zero-order chi connectivity index (χ0) is 23.9. The van der Waals surface area contributed by atoms with E-state index in [4.69, 9.17) is 10.00 Å². The van der Waals surface area contributed by atoms with Crippen molar-refractivity contribution in [3.05, 3.63) is 58.1 Å². The number of amides is 1. The van der Waals surface area contributed by atoms with Gasteiger partial charge in [-0.25, -0.2) is 8.42 Å². The predicted molar refractivity (Wildman–Crippen MR) is 113 cm³/mol. The van der Waals surface area contributed by atoms with Crippen molar-refractivity contribution >= 4 is 39.0 Å². The molecule has 2 aromatic carbocycles. The number of nitrogens with zero attached hydrogens (tertiary/aromatic N) is 2. The van der Waals surface area contributed by atoms with E-state index < -0.39 is 50.1 Å². The van der Waals surface area contributed by atoms with Gasteiger partial charge in [0.15, 0.2) is 6.10 Å². The number of carbonyl (C=O) groups is 2. The highest BCUT2D eigenvalue weighted by molar-refractivity contribution is 7.89. The first-order chi connectivity index (χ1) is 15.1. The maximum atomic E-state index is 12.4. The number of nitriles is 1. The van der Waals surface area contributed by atoms with Crippen molar-refractivity contribution in [3.8, 4) is 6.07 Å². The van der Waals surface area contributed by atoms with Crippen LogP contribution >= 0.6 is 0 Å². The SMILES string of the molecule is CNc1ccc(S(=O)(=O)NCC(=O)OC(C)C(=O)Nc2ccc(C#N)cc2)cc1[N+](=O)[O-]. The summed E-state index contributed by atoms with van der Waals surface area (Å²) in [4.78, 5) is 34.0. The number of hydrogen-bond donors (Lipinski definition) is 3. The molecule has 0 bridgehead atoms. The minimum atomic E-state index is -4.26. The summed E-state index contributed by atoms with van der Waals surface area (Å²) in [6.07, 6.45) is -1.24. The molecule has 2 aromatic rings. The van der Waals surface area contributed by atoms with Crippen molar-refractivity contribution in [3.63, 3.8) is 0 Å². The maximum Gasteiger partial charge on any atom is 0.321 e. The first kappa shape index (κ1) is 24.3. The molecule has 32 heavy (non-hydrogen) atoms. The van der Waals surface area contributed by atoms with E-state index in [1.807, 2.05) is 10.8 Å². The molecule has 1 atom stereocenters. The van der Waals surface area contributed by atoms with Crippen LogP contribution in [0.15, 0.2) is 47.4 Å². The Labute approximate surface area is 183 Å². The van der Waals surface area contributed by atoms with Gasteiger partial charge in [-0.2, -0.15) is 9.98 Å². The Morgan fingerprint density at radius 1 is 1.22 bits per heavy atom. The molecule has 0 saturated heterocycles. The minimum Gasteiger partial charge on any atom is -0.452 e. The van der Waals surface area contributed by atoms with Gasteiger partial charge in [0.25, 0.3) is 11.6 Å². The molecule has 0 aliphatic rings. The number of nitrogens with one attached hydrogen (secondary N) is 3. The Bertz CT molecular complexity index is 1170. The van der Waals surface area contributed by atoms with Gasteiger partial charge in [0.1, 0.15) is 12.2 Å². The molecule has 0 saturated carbocycles. The van der Waals surface area contributed by atoms with Crippen molar-refractivity contribution in [2.45, 2.75) is 17.9 Å². The van der Waals surface area contributed by atoms with Crippen LogP contribution in [0.25, 0.3) is 0 Å². The van der Waals surface area contributed by atoms with Gasteiger partial charge in [0.05, 0.1) is 21.5 Å². The smallest absolute Gasteiger partial charge is 0.321 e. The second-order valence-electron chi connectivity index (χ2n) is 6.32. The number of anilines is 2. The molecule has 0 aliphatic carbocycles. The third kappa shape index (κ3) is 6.24. The summed E-state index contributed by atoms with van der Waals surface area (Å²) in [5.41, 5.74) is 0.450. The van der Waals surface area contributed by atoms with E-state index in [1.165, 1.54) is 44.3 Å². The average molecular weight is 461 g/mol. The lowest BCUT2D eigenvalue weighted by atomic mass is 10.2. The van der Waals surface area contributed by atoms with Crippen LogP contribution in [0.1, 0.15) is 12.5 Å². The quantitative estimate of drug-likeness (QED) is 0.282. The summed E-state index contributed by atoms with van der Waals surface area (Å²) >= 11 is 0. The highest BCUT2D eigenvalue weighted by Gasteiger charge is 2.23. The number of esters is 1. The van der Waals surface area contributed by atoms with Gasteiger partial charge in [0.2, 0.25) is 10.0 Å². The minimum absolute atomic E-state index is 0.121. The van der Waals surface area contributed by atoms with Gasteiger partial charge in [-0.05, 0) is 43.3 Å². The zero-order valence-electron chi connectivity index (χ0n) is 17.0. The molecular formula is C19H19N5O7S. The molecule has 2 rings (SSSR count). The highest BCUT2D eigenvalue weighted by Crippen LogP contribution is 2.26. The van der Waals surface area contributed by atoms with Gasteiger partial charge >= 0.3 is 5.97 Å². The number of hydrogen-bond acceptors (Lipinski definition) is 9. The molecule has 1 unspecified atom stereocenters. The van der Waals surface area contributed by atoms with Crippen molar-refractivity contribution in [2.75, 3.05) is 24.2 Å². The molecule has 3 N–H and O–H groups in total. The molecule has 13 heteroatoms. The number of ether oxygens (including phenoxy) is 1. The second-order valence-corrected chi connectivity index (χ2v) is 8.09. The average Bonchev–Trinajstić information content (AvgIpc) is 2.77. The van der Waals surface area contributed by atoms with E-state index in [9.17, 15) is 28.1 Å². The van der Waals surface area contributed by atoms with Crippen LogP contribution in [-0.2, 0) is 24.3 Å². The highest BCUT2D eigenvalue weighted by atomic mass is 32.2. The fourth-order valence-corrected chi connectivity index (χ4v) is 3.43. The normalized spacial score (nSPS) is 11.7. The zero-order valence-corrected chi connectivity index (χ0v) is 17.8. The van der Waals surface area contributed by atoms with E-state index in [0.717, 1.165) is 12.1 Å². The molecule has 0 fully saturated rings. The van der Waals surface area contributed by atoms with Gasteiger partial charge in [-0.15, -0.1) is 0 Å². The summed E-state index contributed by atoms with van der Waals surface area (Å²) in [7, 11) is -2.81. The van der Waals surface area contributed by atoms with Crippen LogP contribution in [0.2, 0.25) is 0 Å². The van der Waals surface area contributed by atoms with Crippen LogP contribution < -0.4 is 15.4 Å². The Balaban J connectivity index is 1.96. The Morgan fingerprint density at radius 2 is 1.88 bits per heavy atom. The number of rotatable bonds is 9. The van der Waals surface area contributed by atoms with Gasteiger partial charge in [0, 0.05) is 18.8 Å².